The van der Waals surface area contributed by atoms with E-state index >= 15 is 0 Å². The lowest BCUT2D eigenvalue weighted by atomic mass is 10.0. The number of nitrogens with zero attached hydrogens (tertiary/aromatic N) is 2. The highest BCUT2D eigenvalue weighted by molar-refractivity contribution is 6.01. The zero-order valence-electron chi connectivity index (χ0n) is 23.9. The average molecular weight is 573 g/mol. The molecule has 0 radical (unpaired) electrons. The first kappa shape index (κ1) is 33.2. The number of hydrogen-bond acceptors (Lipinski definition) is 8. The van der Waals surface area contributed by atoms with Crippen LogP contribution in [0.3, 0.4) is 0 Å². The number of nitrogen functional groups attached to an aromatic ring is 1. The second kappa shape index (κ2) is 16.3. The number of nitrogens with one attached hydrogen (secondary N) is 3. The van der Waals surface area contributed by atoms with Crippen LogP contribution in [0.25, 0.3) is 11.1 Å². The Morgan fingerprint density at radius 3 is 2.34 bits per heavy atom. The van der Waals surface area contributed by atoms with Gasteiger partial charge in [-0.25, -0.2) is 4.98 Å². The molecule has 0 spiro atoms. The van der Waals surface area contributed by atoms with Crippen LogP contribution in [0.1, 0.15) is 37.5 Å². The van der Waals surface area contributed by atoms with Crippen molar-refractivity contribution in [1.82, 2.24) is 15.2 Å². The summed E-state index contributed by atoms with van der Waals surface area (Å²) < 4.78 is 44.4. The van der Waals surface area contributed by atoms with Crippen molar-refractivity contribution < 1.29 is 22.7 Å². The van der Waals surface area contributed by atoms with Gasteiger partial charge in [0.2, 0.25) is 0 Å². The molecule has 0 saturated carbocycles. The zero-order valence-corrected chi connectivity index (χ0v) is 23.9. The molecule has 1 fully saturated rings. The summed E-state index contributed by atoms with van der Waals surface area (Å²) in [5.74, 6) is 0.986. The molecule has 8 nitrogen and oxygen atoms in total. The Bertz CT molecular complexity index is 1260. The fourth-order valence-electron chi connectivity index (χ4n) is 4.05. The summed E-state index contributed by atoms with van der Waals surface area (Å²) in [4.78, 5) is 16.4. The first-order valence-corrected chi connectivity index (χ1v) is 13.4. The van der Waals surface area contributed by atoms with Gasteiger partial charge in [0, 0.05) is 68.5 Å². The first-order chi connectivity index (χ1) is 19.6. The molecule has 2 heterocycles. The number of benzene rings is 2. The standard InChI is InChI=1S/C15H15N3O2.C13H18F3N3.C2H6/c1-10(16)14-8-12(9-18-15(14)17)11-2-4-13(5-3-11)20-7-6-19;1-17-11-3-2-10(12(8-11)13(14,15)16)9-19-6-4-18-5-7-19;1-2/h2-6,8-9,16H,7H2,1H3,(H2,17,18);2-3,8,17-18H,4-7,9H2,1H3;1-2H3. The van der Waals surface area contributed by atoms with E-state index in [1.807, 2.05) is 36.9 Å². The van der Waals surface area contributed by atoms with E-state index in [0.29, 0.717) is 46.9 Å². The van der Waals surface area contributed by atoms with E-state index in [0.717, 1.165) is 37.3 Å². The second-order valence-electron chi connectivity index (χ2n) is 8.93. The van der Waals surface area contributed by atoms with Gasteiger partial charge in [0.1, 0.15) is 18.2 Å². The molecule has 222 valence electrons. The van der Waals surface area contributed by atoms with Crippen molar-refractivity contribution in [3.63, 3.8) is 0 Å². The predicted molar refractivity (Wildman–Crippen MR) is 159 cm³/mol. The number of aldehydes is 1. The fraction of sp³-hybridized carbons (Fsp3) is 0.367. The number of rotatable bonds is 8. The molecule has 3 aromatic rings. The lowest BCUT2D eigenvalue weighted by Gasteiger charge is -2.28. The third-order valence-corrected chi connectivity index (χ3v) is 6.14. The molecule has 0 aliphatic carbocycles. The van der Waals surface area contributed by atoms with E-state index in [1.54, 1.807) is 44.4 Å². The molecule has 1 aliphatic rings. The molecule has 5 N–H and O–H groups in total. The minimum absolute atomic E-state index is 0.0416. The van der Waals surface area contributed by atoms with E-state index in [2.05, 4.69) is 15.6 Å². The summed E-state index contributed by atoms with van der Waals surface area (Å²) in [6.45, 7) is 9.29. The first-order valence-electron chi connectivity index (χ1n) is 13.4. The van der Waals surface area contributed by atoms with Crippen LogP contribution in [0.5, 0.6) is 5.75 Å². The van der Waals surface area contributed by atoms with E-state index in [1.165, 1.54) is 6.07 Å². The lowest BCUT2D eigenvalue weighted by molar-refractivity contribution is -0.138. The molecule has 2 aromatic carbocycles. The summed E-state index contributed by atoms with van der Waals surface area (Å²) >= 11 is 0. The monoisotopic (exact) mass is 572 g/mol. The predicted octanol–water partition coefficient (Wildman–Crippen LogP) is 5.47. The highest BCUT2D eigenvalue weighted by atomic mass is 19.4. The molecular weight excluding hydrogens is 533 g/mol. The average Bonchev–Trinajstić information content (AvgIpc) is 2.98. The maximum Gasteiger partial charge on any atom is 0.416 e. The van der Waals surface area contributed by atoms with E-state index < -0.39 is 11.7 Å². The Kier molecular flexibility index (Phi) is 13.2. The molecular formula is C30H39F3N6O2. The van der Waals surface area contributed by atoms with Crippen LogP contribution in [-0.4, -0.2) is 61.7 Å². The maximum absolute atomic E-state index is 13.1. The quantitative estimate of drug-likeness (QED) is 0.209. The largest absolute Gasteiger partial charge is 0.486 e. The van der Waals surface area contributed by atoms with E-state index in [-0.39, 0.29) is 6.61 Å². The molecule has 1 aromatic heterocycles. The molecule has 1 saturated heterocycles. The number of carbonyl (C=O) groups excluding carboxylic acids is 1. The Morgan fingerprint density at radius 2 is 1.78 bits per heavy atom. The van der Waals surface area contributed by atoms with Crippen molar-refractivity contribution in [2.45, 2.75) is 33.5 Å². The van der Waals surface area contributed by atoms with Gasteiger partial charge in [0.25, 0.3) is 0 Å². The lowest BCUT2D eigenvalue weighted by Crippen LogP contribution is -2.43. The Balaban J connectivity index is 0.000000271. The normalized spacial score (nSPS) is 13.1. The molecule has 1 aliphatic heterocycles. The van der Waals surface area contributed by atoms with Gasteiger partial charge >= 0.3 is 6.18 Å². The van der Waals surface area contributed by atoms with Crippen LogP contribution in [0, 0.1) is 5.41 Å². The van der Waals surface area contributed by atoms with Gasteiger partial charge < -0.3 is 26.5 Å². The Labute approximate surface area is 239 Å². The van der Waals surface area contributed by atoms with Crippen molar-refractivity contribution in [3.8, 4) is 16.9 Å². The van der Waals surface area contributed by atoms with Crippen LogP contribution in [0.4, 0.5) is 24.7 Å². The Morgan fingerprint density at radius 1 is 1.12 bits per heavy atom. The summed E-state index contributed by atoms with van der Waals surface area (Å²) in [5, 5.41) is 13.6. The number of alkyl halides is 3. The smallest absolute Gasteiger partial charge is 0.416 e. The van der Waals surface area contributed by atoms with Crippen LogP contribution in [0.2, 0.25) is 0 Å². The Hall–Kier alpha value is -3.96. The number of ether oxygens (including phenoxy) is 1. The van der Waals surface area contributed by atoms with Crippen LogP contribution < -0.4 is 21.1 Å². The number of halogens is 3. The number of piperazine rings is 1. The van der Waals surface area contributed by atoms with Crippen molar-refractivity contribution in [3.05, 3.63) is 71.4 Å². The van der Waals surface area contributed by atoms with Crippen molar-refractivity contribution >= 4 is 23.5 Å². The highest BCUT2D eigenvalue weighted by Gasteiger charge is 2.34. The van der Waals surface area contributed by atoms with Gasteiger partial charge in [0.05, 0.1) is 5.56 Å². The summed E-state index contributed by atoms with van der Waals surface area (Å²) in [6.07, 6.45) is -1.93. The van der Waals surface area contributed by atoms with Crippen LogP contribution in [-0.2, 0) is 17.5 Å². The minimum Gasteiger partial charge on any atom is -0.486 e. The van der Waals surface area contributed by atoms with E-state index in [9.17, 15) is 18.0 Å². The van der Waals surface area contributed by atoms with Gasteiger partial charge in [-0.2, -0.15) is 13.2 Å². The molecule has 4 rings (SSSR count). The third-order valence-electron chi connectivity index (χ3n) is 6.14. The summed E-state index contributed by atoms with van der Waals surface area (Å²) in [5.41, 5.74) is 8.85. The maximum atomic E-state index is 13.1. The number of pyridine rings is 1. The number of nitrogens with two attached hydrogens (primary N) is 1. The topological polar surface area (TPSA) is 116 Å². The molecule has 0 unspecified atom stereocenters. The zero-order chi connectivity index (χ0) is 30.4. The minimum atomic E-state index is -4.31. The molecule has 0 amide bonds. The summed E-state index contributed by atoms with van der Waals surface area (Å²) in [6, 6.07) is 13.6. The fourth-order valence-corrected chi connectivity index (χ4v) is 4.05. The number of hydrogen-bond donors (Lipinski definition) is 4. The highest BCUT2D eigenvalue weighted by Crippen LogP contribution is 2.34. The molecule has 0 atom stereocenters. The second-order valence-corrected chi connectivity index (χ2v) is 8.93. The number of carbonyl (C=O) groups is 1. The van der Waals surface area contributed by atoms with Gasteiger partial charge in [0.15, 0.2) is 6.29 Å². The van der Waals surface area contributed by atoms with Gasteiger partial charge in [-0.3, -0.25) is 9.69 Å². The third kappa shape index (κ3) is 10.2. The van der Waals surface area contributed by atoms with Crippen molar-refractivity contribution in [2.24, 2.45) is 0 Å². The van der Waals surface area contributed by atoms with Gasteiger partial charge in [-0.1, -0.05) is 32.0 Å². The SMILES string of the molecule is CC.CC(=N)c1cc(-c2ccc(OCC=O)cc2)cnc1N.CNc1ccc(CN2CCNCC2)c(C(F)(F)F)c1. The number of aromatic nitrogens is 1. The van der Waals surface area contributed by atoms with Crippen molar-refractivity contribution in [1.29, 1.82) is 5.41 Å². The molecule has 41 heavy (non-hydrogen) atoms. The van der Waals surface area contributed by atoms with Gasteiger partial charge in [-0.05, 0) is 48.4 Å². The van der Waals surface area contributed by atoms with Crippen molar-refractivity contribution in [2.75, 3.05) is 50.9 Å². The van der Waals surface area contributed by atoms with Crippen LogP contribution in [0.15, 0.2) is 54.7 Å². The number of anilines is 2. The molecule has 11 heteroatoms. The van der Waals surface area contributed by atoms with E-state index in [4.69, 9.17) is 15.9 Å². The van der Waals surface area contributed by atoms with Crippen LogP contribution >= 0.6 is 0 Å². The van der Waals surface area contributed by atoms with Gasteiger partial charge in [-0.15, -0.1) is 0 Å². The molecule has 0 bridgehead atoms. The summed E-state index contributed by atoms with van der Waals surface area (Å²) in [7, 11) is 1.62.